The zero-order valence-corrected chi connectivity index (χ0v) is 12.0. The summed E-state index contributed by atoms with van der Waals surface area (Å²) in [5.74, 6) is 2.51. The molecule has 0 bridgehead atoms. The van der Waals surface area contributed by atoms with E-state index in [9.17, 15) is 0 Å². The minimum absolute atomic E-state index is 0.0975. The zero-order chi connectivity index (χ0) is 13.1. The van der Waals surface area contributed by atoms with Gasteiger partial charge < -0.3 is 9.47 Å². The summed E-state index contributed by atoms with van der Waals surface area (Å²) in [4.78, 5) is 0. The van der Waals surface area contributed by atoms with Crippen molar-refractivity contribution in [3.63, 3.8) is 0 Å². The van der Waals surface area contributed by atoms with Crippen LogP contribution in [-0.2, 0) is 0 Å². The van der Waals surface area contributed by atoms with Crippen LogP contribution in [-0.4, -0.2) is 13.2 Å². The first-order valence-electron chi connectivity index (χ1n) is 7.36. The number of benzene rings is 1. The van der Waals surface area contributed by atoms with Crippen LogP contribution in [0.5, 0.6) is 11.5 Å². The van der Waals surface area contributed by atoms with Gasteiger partial charge in [0.15, 0.2) is 11.5 Å². The van der Waals surface area contributed by atoms with Crippen molar-refractivity contribution < 1.29 is 9.47 Å². The van der Waals surface area contributed by atoms with Crippen LogP contribution in [0.1, 0.15) is 49.5 Å². The number of hydrogen-bond acceptors (Lipinski definition) is 2. The Bertz CT molecular complexity index is 427. The molecule has 1 aromatic carbocycles. The maximum Gasteiger partial charge on any atom is 0.161 e. The van der Waals surface area contributed by atoms with Crippen LogP contribution in [0, 0.1) is 5.92 Å². The molecule has 1 aliphatic heterocycles. The molecular weight excluding hydrogens is 260 g/mol. The van der Waals surface area contributed by atoms with Crippen molar-refractivity contribution in [2.75, 3.05) is 13.2 Å². The fourth-order valence-corrected chi connectivity index (χ4v) is 3.44. The van der Waals surface area contributed by atoms with Crippen molar-refractivity contribution in [1.29, 1.82) is 0 Å². The van der Waals surface area contributed by atoms with Gasteiger partial charge in [0.2, 0.25) is 0 Å². The van der Waals surface area contributed by atoms with Gasteiger partial charge in [-0.3, -0.25) is 0 Å². The second kappa shape index (κ2) is 6.04. The Hall–Kier alpha value is -0.890. The van der Waals surface area contributed by atoms with Gasteiger partial charge in [0, 0.05) is 6.42 Å². The highest BCUT2D eigenvalue weighted by molar-refractivity contribution is 6.20. The largest absolute Gasteiger partial charge is 0.490 e. The van der Waals surface area contributed by atoms with E-state index in [0.717, 1.165) is 49.0 Å². The lowest BCUT2D eigenvalue weighted by Crippen LogP contribution is -2.01. The summed E-state index contributed by atoms with van der Waals surface area (Å²) in [6.07, 6.45) is 7.45. The molecule has 0 spiro atoms. The quantitative estimate of drug-likeness (QED) is 0.747. The molecule has 3 rings (SSSR count). The van der Waals surface area contributed by atoms with Crippen LogP contribution in [0.2, 0.25) is 0 Å². The highest BCUT2D eigenvalue weighted by atomic mass is 35.5. The summed E-state index contributed by atoms with van der Waals surface area (Å²) in [5, 5.41) is 0.0975. The molecule has 1 aliphatic carbocycles. The molecule has 1 unspecified atom stereocenters. The lowest BCUT2D eigenvalue weighted by Gasteiger charge is -2.16. The Labute approximate surface area is 120 Å². The maximum atomic E-state index is 6.57. The molecule has 1 atom stereocenters. The Morgan fingerprint density at radius 1 is 1.05 bits per heavy atom. The van der Waals surface area contributed by atoms with Gasteiger partial charge in [0.05, 0.1) is 18.6 Å². The topological polar surface area (TPSA) is 18.5 Å². The zero-order valence-electron chi connectivity index (χ0n) is 11.2. The third-order valence-corrected chi connectivity index (χ3v) is 4.58. The average molecular weight is 281 g/mol. The smallest absolute Gasteiger partial charge is 0.161 e. The van der Waals surface area contributed by atoms with Gasteiger partial charge in [0.25, 0.3) is 0 Å². The van der Waals surface area contributed by atoms with Crippen LogP contribution in [0.4, 0.5) is 0 Å². The number of alkyl halides is 1. The number of hydrogen-bond donors (Lipinski definition) is 0. The molecule has 0 radical (unpaired) electrons. The molecule has 2 nitrogen and oxygen atoms in total. The van der Waals surface area contributed by atoms with Gasteiger partial charge in [0.1, 0.15) is 0 Å². The van der Waals surface area contributed by atoms with Gasteiger partial charge >= 0.3 is 0 Å². The van der Waals surface area contributed by atoms with E-state index in [1.165, 1.54) is 25.7 Å². The molecule has 104 valence electrons. The fraction of sp³-hybridized carbons (Fsp3) is 0.625. The third kappa shape index (κ3) is 3.17. The van der Waals surface area contributed by atoms with E-state index in [4.69, 9.17) is 21.1 Å². The number of halogens is 1. The van der Waals surface area contributed by atoms with Crippen LogP contribution in [0.3, 0.4) is 0 Å². The summed E-state index contributed by atoms with van der Waals surface area (Å²) < 4.78 is 11.4. The summed E-state index contributed by atoms with van der Waals surface area (Å²) in [6, 6.07) is 6.15. The summed E-state index contributed by atoms with van der Waals surface area (Å²) in [5.41, 5.74) is 1.16. The minimum Gasteiger partial charge on any atom is -0.490 e. The molecule has 3 heteroatoms. The molecule has 1 fully saturated rings. The van der Waals surface area contributed by atoms with E-state index in [0.29, 0.717) is 0 Å². The van der Waals surface area contributed by atoms with Crippen molar-refractivity contribution in [3.8, 4) is 11.5 Å². The van der Waals surface area contributed by atoms with E-state index in [1.807, 2.05) is 6.07 Å². The Morgan fingerprint density at radius 2 is 1.79 bits per heavy atom. The third-order valence-electron chi connectivity index (χ3n) is 4.15. The van der Waals surface area contributed by atoms with Gasteiger partial charge in [-0.1, -0.05) is 31.7 Å². The van der Waals surface area contributed by atoms with E-state index < -0.39 is 0 Å². The molecular formula is C16H21ClO2. The van der Waals surface area contributed by atoms with Crippen molar-refractivity contribution in [2.24, 2.45) is 5.92 Å². The molecule has 1 saturated carbocycles. The van der Waals surface area contributed by atoms with E-state index >= 15 is 0 Å². The van der Waals surface area contributed by atoms with Crippen LogP contribution in [0.25, 0.3) is 0 Å². The molecule has 2 aliphatic rings. The summed E-state index contributed by atoms with van der Waals surface area (Å²) in [6.45, 7) is 1.46. The van der Waals surface area contributed by atoms with E-state index in [2.05, 4.69) is 12.1 Å². The predicted molar refractivity (Wildman–Crippen MR) is 77.2 cm³/mol. The first-order valence-corrected chi connectivity index (χ1v) is 7.80. The molecule has 0 saturated heterocycles. The maximum absolute atomic E-state index is 6.57. The second-order valence-electron chi connectivity index (χ2n) is 5.61. The lowest BCUT2D eigenvalue weighted by molar-refractivity contribution is 0.297. The Morgan fingerprint density at radius 3 is 2.58 bits per heavy atom. The van der Waals surface area contributed by atoms with Gasteiger partial charge in [-0.15, -0.1) is 11.6 Å². The van der Waals surface area contributed by atoms with Crippen molar-refractivity contribution in [1.82, 2.24) is 0 Å². The van der Waals surface area contributed by atoms with Gasteiger partial charge in [-0.05, 0) is 30.0 Å². The standard InChI is InChI=1S/C16H21ClO2/c17-14(10-12-4-1-2-5-12)13-6-7-15-16(11-13)19-9-3-8-18-15/h6-7,11-12,14H,1-5,8-10H2. The molecule has 1 aromatic rings. The van der Waals surface area contributed by atoms with E-state index in [1.54, 1.807) is 0 Å². The summed E-state index contributed by atoms with van der Waals surface area (Å²) in [7, 11) is 0. The molecule has 0 aromatic heterocycles. The van der Waals surface area contributed by atoms with Crippen LogP contribution < -0.4 is 9.47 Å². The fourth-order valence-electron chi connectivity index (χ4n) is 3.05. The Balaban J connectivity index is 1.71. The minimum atomic E-state index is 0.0975. The monoisotopic (exact) mass is 280 g/mol. The van der Waals surface area contributed by atoms with Crippen molar-refractivity contribution in [3.05, 3.63) is 23.8 Å². The lowest BCUT2D eigenvalue weighted by atomic mass is 9.97. The number of fused-ring (bicyclic) bond motifs is 1. The molecule has 0 N–H and O–H groups in total. The Kier molecular flexibility index (Phi) is 4.17. The molecule has 1 heterocycles. The van der Waals surface area contributed by atoms with Gasteiger partial charge in [-0.25, -0.2) is 0 Å². The normalized spacial score (nSPS) is 21.1. The molecule has 0 amide bonds. The average Bonchev–Trinajstić information content (AvgIpc) is 2.81. The van der Waals surface area contributed by atoms with E-state index in [-0.39, 0.29) is 5.38 Å². The molecule has 19 heavy (non-hydrogen) atoms. The van der Waals surface area contributed by atoms with Crippen molar-refractivity contribution in [2.45, 2.75) is 43.9 Å². The van der Waals surface area contributed by atoms with Gasteiger partial charge in [-0.2, -0.15) is 0 Å². The highest BCUT2D eigenvalue weighted by Gasteiger charge is 2.21. The first-order chi connectivity index (χ1) is 9.33. The first kappa shape index (κ1) is 13.1. The predicted octanol–water partition coefficient (Wildman–Crippen LogP) is 4.71. The number of ether oxygens (including phenoxy) is 2. The van der Waals surface area contributed by atoms with Crippen molar-refractivity contribution >= 4 is 11.6 Å². The highest BCUT2D eigenvalue weighted by Crippen LogP contribution is 2.39. The van der Waals surface area contributed by atoms with Crippen LogP contribution in [0.15, 0.2) is 18.2 Å². The summed E-state index contributed by atoms with van der Waals surface area (Å²) >= 11 is 6.57. The second-order valence-corrected chi connectivity index (χ2v) is 6.14. The number of rotatable bonds is 3. The van der Waals surface area contributed by atoms with Crippen LogP contribution >= 0.6 is 11.6 Å². The SMILES string of the molecule is ClC(CC1CCCC1)c1ccc2c(c1)OCCCO2.